The number of nitrogens with zero attached hydrogens (tertiary/aromatic N) is 2. The number of hydrogen-bond donors (Lipinski definition) is 0. The van der Waals surface area contributed by atoms with Crippen molar-refractivity contribution in [3.63, 3.8) is 0 Å². The Hall–Kier alpha value is -2.14. The number of aryl methyl sites for hydroxylation is 1. The molecule has 1 fully saturated rings. The smallest absolute Gasteiger partial charge is 0.264 e. The van der Waals surface area contributed by atoms with E-state index in [1.807, 2.05) is 53.1 Å². The topological polar surface area (TPSA) is 40.6 Å². The van der Waals surface area contributed by atoms with E-state index in [0.29, 0.717) is 32.1 Å². The van der Waals surface area contributed by atoms with Gasteiger partial charge in [-0.05, 0) is 42.7 Å². The maximum absolute atomic E-state index is 12.7. The molecule has 1 aliphatic heterocycles. The van der Waals surface area contributed by atoms with E-state index in [2.05, 4.69) is 13.8 Å². The van der Waals surface area contributed by atoms with Crippen molar-refractivity contribution in [3.05, 3.63) is 57.3 Å². The fourth-order valence-corrected chi connectivity index (χ4v) is 3.85. The Balaban J connectivity index is 1.59. The Morgan fingerprint density at radius 2 is 1.44 bits per heavy atom. The van der Waals surface area contributed by atoms with Gasteiger partial charge in [0.25, 0.3) is 11.8 Å². The molecule has 3 rings (SSSR count). The summed E-state index contributed by atoms with van der Waals surface area (Å²) < 4.78 is 0. The van der Waals surface area contributed by atoms with Crippen LogP contribution < -0.4 is 0 Å². The lowest BCUT2D eigenvalue weighted by Gasteiger charge is -2.34. The third kappa shape index (κ3) is 3.93. The minimum atomic E-state index is 0.0503. The molecule has 1 aromatic heterocycles. The first-order valence-corrected chi connectivity index (χ1v) is 9.52. The number of amides is 2. The number of carbonyl (C=O) groups excluding carboxylic acids is 2. The van der Waals surface area contributed by atoms with Crippen molar-refractivity contribution in [1.82, 2.24) is 9.80 Å². The molecule has 0 radical (unpaired) electrons. The standard InChI is InChI=1S/C20H24N2O2S/c1-14(2)16-5-7-17(8-6-16)19(23)21-10-12-22(13-11-21)20(24)18-9-4-15(3)25-18/h4-9,14H,10-13H2,1-3H3. The van der Waals surface area contributed by atoms with E-state index in [1.54, 1.807) is 0 Å². The van der Waals surface area contributed by atoms with E-state index in [4.69, 9.17) is 0 Å². The predicted octanol–water partition coefficient (Wildman–Crippen LogP) is 3.78. The van der Waals surface area contributed by atoms with Gasteiger partial charge >= 0.3 is 0 Å². The number of rotatable bonds is 3. The molecule has 2 heterocycles. The van der Waals surface area contributed by atoms with Crippen LogP contribution in [0, 0.1) is 6.92 Å². The van der Waals surface area contributed by atoms with Gasteiger partial charge in [0, 0.05) is 36.6 Å². The average molecular weight is 356 g/mol. The molecule has 4 nitrogen and oxygen atoms in total. The van der Waals surface area contributed by atoms with Gasteiger partial charge in [0.05, 0.1) is 4.88 Å². The molecule has 0 saturated carbocycles. The summed E-state index contributed by atoms with van der Waals surface area (Å²) in [5, 5.41) is 0. The second-order valence-electron chi connectivity index (χ2n) is 6.77. The van der Waals surface area contributed by atoms with Gasteiger partial charge in [-0.1, -0.05) is 26.0 Å². The van der Waals surface area contributed by atoms with Crippen molar-refractivity contribution in [1.29, 1.82) is 0 Å². The fraction of sp³-hybridized carbons (Fsp3) is 0.400. The highest BCUT2D eigenvalue weighted by molar-refractivity contribution is 7.13. The van der Waals surface area contributed by atoms with Crippen molar-refractivity contribution >= 4 is 23.2 Å². The number of benzene rings is 1. The third-order valence-electron chi connectivity index (χ3n) is 4.63. The van der Waals surface area contributed by atoms with Crippen molar-refractivity contribution in [2.75, 3.05) is 26.2 Å². The first-order chi connectivity index (χ1) is 12.0. The second kappa shape index (κ2) is 7.40. The highest BCUT2D eigenvalue weighted by Crippen LogP contribution is 2.19. The largest absolute Gasteiger partial charge is 0.335 e. The quantitative estimate of drug-likeness (QED) is 0.840. The summed E-state index contributed by atoms with van der Waals surface area (Å²) in [5.74, 6) is 0.584. The van der Waals surface area contributed by atoms with Crippen LogP contribution in [0.4, 0.5) is 0 Å². The summed E-state index contributed by atoms with van der Waals surface area (Å²) in [7, 11) is 0. The summed E-state index contributed by atoms with van der Waals surface area (Å²) in [6.07, 6.45) is 0. The minimum Gasteiger partial charge on any atom is -0.335 e. The maximum atomic E-state index is 12.7. The van der Waals surface area contributed by atoms with Gasteiger partial charge in [0.15, 0.2) is 0 Å². The van der Waals surface area contributed by atoms with Gasteiger partial charge in [-0.25, -0.2) is 0 Å². The third-order valence-corrected chi connectivity index (χ3v) is 5.62. The zero-order chi connectivity index (χ0) is 18.0. The van der Waals surface area contributed by atoms with Crippen molar-refractivity contribution in [2.24, 2.45) is 0 Å². The van der Waals surface area contributed by atoms with Crippen LogP contribution in [0.25, 0.3) is 0 Å². The molecule has 1 aromatic carbocycles. The molecule has 0 bridgehead atoms. The molecule has 0 spiro atoms. The van der Waals surface area contributed by atoms with E-state index in [-0.39, 0.29) is 11.8 Å². The van der Waals surface area contributed by atoms with Crippen LogP contribution in [0.5, 0.6) is 0 Å². The van der Waals surface area contributed by atoms with Crippen LogP contribution in [0.3, 0.4) is 0 Å². The monoisotopic (exact) mass is 356 g/mol. The molecular weight excluding hydrogens is 332 g/mol. The number of hydrogen-bond acceptors (Lipinski definition) is 3. The Morgan fingerprint density at radius 1 is 0.880 bits per heavy atom. The van der Waals surface area contributed by atoms with Gasteiger partial charge < -0.3 is 9.80 Å². The SMILES string of the molecule is Cc1ccc(C(=O)N2CCN(C(=O)c3ccc(C(C)C)cc3)CC2)s1. The molecule has 0 atom stereocenters. The molecule has 25 heavy (non-hydrogen) atoms. The summed E-state index contributed by atoms with van der Waals surface area (Å²) in [6.45, 7) is 8.63. The number of carbonyl (C=O) groups is 2. The highest BCUT2D eigenvalue weighted by atomic mass is 32.1. The van der Waals surface area contributed by atoms with Crippen LogP contribution in [0.15, 0.2) is 36.4 Å². The maximum Gasteiger partial charge on any atom is 0.264 e. The lowest BCUT2D eigenvalue weighted by atomic mass is 10.0. The number of piperazine rings is 1. The molecule has 2 amide bonds. The van der Waals surface area contributed by atoms with Gasteiger partial charge in [0.2, 0.25) is 0 Å². The molecule has 1 aliphatic rings. The average Bonchev–Trinajstić information content (AvgIpc) is 3.07. The van der Waals surface area contributed by atoms with E-state index < -0.39 is 0 Å². The van der Waals surface area contributed by atoms with Crippen molar-refractivity contribution < 1.29 is 9.59 Å². The predicted molar refractivity (Wildman–Crippen MR) is 101 cm³/mol. The van der Waals surface area contributed by atoms with Crippen LogP contribution in [0.2, 0.25) is 0 Å². The number of thiophene rings is 1. The van der Waals surface area contributed by atoms with Crippen LogP contribution in [0.1, 0.15) is 50.2 Å². The first-order valence-electron chi connectivity index (χ1n) is 8.70. The molecule has 2 aromatic rings. The fourth-order valence-electron chi connectivity index (χ4n) is 3.01. The lowest BCUT2D eigenvalue weighted by molar-refractivity contribution is 0.0538. The summed E-state index contributed by atoms with van der Waals surface area (Å²) >= 11 is 1.53. The van der Waals surface area contributed by atoms with Crippen molar-refractivity contribution in [2.45, 2.75) is 26.7 Å². The normalized spacial score (nSPS) is 14.9. The van der Waals surface area contributed by atoms with E-state index in [0.717, 1.165) is 15.3 Å². The molecule has 0 unspecified atom stereocenters. The van der Waals surface area contributed by atoms with Gasteiger partial charge in [-0.3, -0.25) is 9.59 Å². The molecule has 0 aliphatic carbocycles. The minimum absolute atomic E-state index is 0.0503. The van der Waals surface area contributed by atoms with Gasteiger partial charge in [-0.15, -0.1) is 11.3 Å². The molecule has 132 valence electrons. The van der Waals surface area contributed by atoms with Crippen LogP contribution in [-0.2, 0) is 0 Å². The van der Waals surface area contributed by atoms with Crippen LogP contribution >= 0.6 is 11.3 Å². The Kier molecular flexibility index (Phi) is 5.23. The first kappa shape index (κ1) is 17.7. The van der Waals surface area contributed by atoms with E-state index in [1.165, 1.54) is 16.9 Å². The van der Waals surface area contributed by atoms with Crippen molar-refractivity contribution in [3.8, 4) is 0 Å². The molecule has 1 saturated heterocycles. The molecule has 0 N–H and O–H groups in total. The van der Waals surface area contributed by atoms with E-state index in [9.17, 15) is 9.59 Å². The zero-order valence-corrected chi connectivity index (χ0v) is 15.8. The second-order valence-corrected chi connectivity index (χ2v) is 8.06. The Morgan fingerprint density at radius 3 is 1.92 bits per heavy atom. The molecule has 5 heteroatoms. The van der Waals surface area contributed by atoms with Gasteiger partial charge in [-0.2, -0.15) is 0 Å². The Bertz CT molecular complexity index is 756. The lowest BCUT2D eigenvalue weighted by Crippen LogP contribution is -2.50. The highest BCUT2D eigenvalue weighted by Gasteiger charge is 2.26. The van der Waals surface area contributed by atoms with Crippen LogP contribution in [-0.4, -0.2) is 47.8 Å². The Labute approximate surface area is 153 Å². The van der Waals surface area contributed by atoms with Gasteiger partial charge in [0.1, 0.15) is 0 Å². The summed E-state index contributed by atoms with van der Waals surface area (Å²) in [6, 6.07) is 11.7. The molecular formula is C20H24N2O2S. The summed E-state index contributed by atoms with van der Waals surface area (Å²) in [5.41, 5.74) is 1.95. The summed E-state index contributed by atoms with van der Waals surface area (Å²) in [4.78, 5) is 30.8. The zero-order valence-electron chi connectivity index (χ0n) is 15.0. The van der Waals surface area contributed by atoms with E-state index >= 15 is 0 Å².